The van der Waals surface area contributed by atoms with Gasteiger partial charge in [0.15, 0.2) is 6.23 Å². The van der Waals surface area contributed by atoms with Crippen molar-refractivity contribution in [2.24, 2.45) is 0 Å². The van der Waals surface area contributed by atoms with Crippen LogP contribution in [0.1, 0.15) is 18.5 Å². The number of rotatable bonds is 4. The summed E-state index contributed by atoms with van der Waals surface area (Å²) >= 11 is 0. The first-order valence-electron chi connectivity index (χ1n) is 9.47. The van der Waals surface area contributed by atoms with Gasteiger partial charge < -0.3 is 15.4 Å². The number of urea groups is 1. The molecule has 2 aromatic rings. The van der Waals surface area contributed by atoms with E-state index in [0.29, 0.717) is 18.7 Å². The van der Waals surface area contributed by atoms with Crippen LogP contribution in [0, 0.1) is 12.7 Å². The second-order valence-electron chi connectivity index (χ2n) is 7.30. The fraction of sp³-hybridized carbons (Fsp3) is 0.368. The Kier molecular flexibility index (Phi) is 5.35. The Morgan fingerprint density at radius 1 is 1.23 bits per heavy atom. The third kappa shape index (κ3) is 3.95. The Morgan fingerprint density at radius 2 is 2.00 bits per heavy atom. The zero-order chi connectivity index (χ0) is 21.5. The number of amides is 2. The Bertz CT molecular complexity index is 1060. The molecule has 1 aromatic heterocycles. The highest BCUT2D eigenvalue weighted by Crippen LogP contribution is 2.36. The van der Waals surface area contributed by atoms with Gasteiger partial charge in [0.05, 0.1) is 17.9 Å². The lowest BCUT2D eigenvalue weighted by atomic mass is 10.2. The number of aromatic nitrogens is 1. The van der Waals surface area contributed by atoms with E-state index in [1.54, 1.807) is 12.1 Å². The summed E-state index contributed by atoms with van der Waals surface area (Å²) in [6, 6.07) is 6.32. The van der Waals surface area contributed by atoms with Crippen LogP contribution < -0.4 is 15.4 Å². The van der Waals surface area contributed by atoms with Crippen molar-refractivity contribution in [3.8, 4) is 5.75 Å². The number of pyridine rings is 1. The first kappa shape index (κ1) is 20.5. The minimum atomic E-state index is -3.59. The molecule has 0 radical (unpaired) electrons. The normalized spacial score (nSPS) is 23.2. The monoisotopic (exact) mass is 435 g/mol. The summed E-state index contributed by atoms with van der Waals surface area (Å²) in [6.07, 6.45) is 2.17. The Morgan fingerprint density at radius 3 is 2.73 bits per heavy atom. The van der Waals surface area contributed by atoms with E-state index >= 15 is 0 Å². The maximum absolute atomic E-state index is 14.1. The predicted molar refractivity (Wildman–Crippen MR) is 109 cm³/mol. The standard InChI is InChI=1S/C19H22FN5O4S/c1-12-5-6-14(11-21-12)22-19(26)23-15-8-13(20)9-16(10-15)29-18-17-4-3-7-25(17)30(27,28)24(18)2/h5-6,8-11,17-18H,3-4,7H2,1-2H3,(H2,22,23,26)/t17-,18?/m1/s1. The van der Waals surface area contributed by atoms with Gasteiger partial charge in [-0.1, -0.05) is 0 Å². The number of anilines is 2. The number of carbonyl (C=O) groups excluding carboxylic acids is 1. The molecule has 160 valence electrons. The zero-order valence-corrected chi connectivity index (χ0v) is 17.3. The summed E-state index contributed by atoms with van der Waals surface area (Å²) in [5, 5.41) is 5.15. The molecule has 1 aromatic carbocycles. The number of fused-ring (bicyclic) bond motifs is 1. The van der Waals surface area contributed by atoms with Gasteiger partial charge in [-0.2, -0.15) is 17.0 Å². The molecule has 2 aliphatic heterocycles. The molecule has 0 spiro atoms. The van der Waals surface area contributed by atoms with Crippen molar-refractivity contribution in [2.75, 3.05) is 24.2 Å². The molecule has 0 aliphatic carbocycles. The zero-order valence-electron chi connectivity index (χ0n) is 16.5. The number of carbonyl (C=O) groups is 1. The summed E-state index contributed by atoms with van der Waals surface area (Å²) < 4.78 is 47.5. The number of nitrogens with zero attached hydrogens (tertiary/aromatic N) is 3. The van der Waals surface area contributed by atoms with Crippen molar-refractivity contribution < 1.29 is 22.3 Å². The molecule has 0 bridgehead atoms. The molecule has 9 nitrogen and oxygen atoms in total. The van der Waals surface area contributed by atoms with Crippen LogP contribution in [0.2, 0.25) is 0 Å². The number of ether oxygens (including phenoxy) is 1. The molecule has 11 heteroatoms. The van der Waals surface area contributed by atoms with Crippen molar-refractivity contribution in [1.29, 1.82) is 0 Å². The lowest BCUT2D eigenvalue weighted by molar-refractivity contribution is 0.0809. The van der Waals surface area contributed by atoms with Crippen molar-refractivity contribution in [1.82, 2.24) is 13.6 Å². The molecule has 2 fully saturated rings. The molecule has 3 heterocycles. The van der Waals surface area contributed by atoms with Crippen LogP contribution in [0.5, 0.6) is 5.75 Å². The van der Waals surface area contributed by atoms with Gasteiger partial charge in [0.2, 0.25) is 0 Å². The fourth-order valence-electron chi connectivity index (χ4n) is 3.71. The number of hydrogen-bond donors (Lipinski definition) is 2. The highest BCUT2D eigenvalue weighted by molar-refractivity contribution is 7.87. The Hall–Kier alpha value is -2.76. The minimum absolute atomic E-state index is 0.128. The average molecular weight is 435 g/mol. The van der Waals surface area contributed by atoms with Gasteiger partial charge in [-0.15, -0.1) is 0 Å². The van der Waals surface area contributed by atoms with E-state index in [-0.39, 0.29) is 17.5 Å². The van der Waals surface area contributed by atoms with Crippen LogP contribution in [0.15, 0.2) is 36.5 Å². The quantitative estimate of drug-likeness (QED) is 0.768. The fourth-order valence-corrected chi connectivity index (χ4v) is 5.40. The van der Waals surface area contributed by atoms with Crippen LogP contribution in [-0.2, 0) is 10.2 Å². The number of likely N-dealkylation sites (N-methyl/N-ethyl adjacent to an activating group) is 1. The number of hydrogen-bond acceptors (Lipinski definition) is 5. The second kappa shape index (κ2) is 7.82. The van der Waals surface area contributed by atoms with Gasteiger partial charge in [0.25, 0.3) is 10.2 Å². The smallest absolute Gasteiger partial charge is 0.323 e. The second-order valence-corrected chi connectivity index (χ2v) is 9.24. The largest absolute Gasteiger partial charge is 0.472 e. The van der Waals surface area contributed by atoms with Gasteiger partial charge in [-0.3, -0.25) is 4.98 Å². The molecule has 0 saturated carbocycles. The highest BCUT2D eigenvalue weighted by Gasteiger charge is 2.53. The molecular formula is C19H22FN5O4S. The summed E-state index contributed by atoms with van der Waals surface area (Å²) in [7, 11) is -2.14. The van der Waals surface area contributed by atoms with Gasteiger partial charge in [0.1, 0.15) is 11.6 Å². The summed E-state index contributed by atoms with van der Waals surface area (Å²) in [5.41, 5.74) is 1.48. The molecule has 30 heavy (non-hydrogen) atoms. The van der Waals surface area contributed by atoms with E-state index in [0.717, 1.165) is 28.6 Å². The maximum atomic E-state index is 14.1. The Labute approximate surface area is 174 Å². The molecule has 2 aliphatic rings. The Balaban J connectivity index is 1.48. The van der Waals surface area contributed by atoms with Gasteiger partial charge in [0, 0.05) is 37.1 Å². The van der Waals surface area contributed by atoms with Crippen LogP contribution in [0.4, 0.5) is 20.6 Å². The molecule has 2 atom stereocenters. The summed E-state index contributed by atoms with van der Waals surface area (Å²) in [5.74, 6) is -0.491. The molecule has 2 N–H and O–H groups in total. The third-order valence-corrected chi connectivity index (χ3v) is 7.13. The van der Waals surface area contributed by atoms with E-state index in [1.807, 2.05) is 6.92 Å². The minimum Gasteiger partial charge on any atom is -0.472 e. The third-order valence-electron chi connectivity index (χ3n) is 5.15. The number of aryl methyl sites for hydroxylation is 1. The van der Waals surface area contributed by atoms with Gasteiger partial charge in [-0.05, 0) is 38.0 Å². The first-order chi connectivity index (χ1) is 14.2. The van der Waals surface area contributed by atoms with Crippen molar-refractivity contribution >= 4 is 27.6 Å². The van der Waals surface area contributed by atoms with E-state index in [2.05, 4.69) is 15.6 Å². The number of benzene rings is 1. The van der Waals surface area contributed by atoms with E-state index in [1.165, 1.54) is 23.6 Å². The van der Waals surface area contributed by atoms with Gasteiger partial charge in [-0.25, -0.2) is 9.18 Å². The highest BCUT2D eigenvalue weighted by atomic mass is 32.2. The van der Waals surface area contributed by atoms with Crippen molar-refractivity contribution in [3.63, 3.8) is 0 Å². The van der Waals surface area contributed by atoms with Crippen LogP contribution in [0.3, 0.4) is 0 Å². The van der Waals surface area contributed by atoms with Crippen LogP contribution in [0.25, 0.3) is 0 Å². The number of halogens is 1. The average Bonchev–Trinajstić information content (AvgIpc) is 3.22. The molecule has 4 rings (SSSR count). The lowest BCUT2D eigenvalue weighted by Crippen LogP contribution is -2.38. The summed E-state index contributed by atoms with van der Waals surface area (Å²) in [6.45, 7) is 2.27. The topological polar surface area (TPSA) is 104 Å². The first-order valence-corrected chi connectivity index (χ1v) is 10.9. The number of nitrogens with one attached hydrogen (secondary N) is 2. The molecular weight excluding hydrogens is 413 g/mol. The van der Waals surface area contributed by atoms with Crippen LogP contribution in [-0.4, -0.2) is 53.9 Å². The summed E-state index contributed by atoms with van der Waals surface area (Å²) in [4.78, 5) is 16.3. The van der Waals surface area contributed by atoms with E-state index in [9.17, 15) is 17.6 Å². The molecule has 2 saturated heterocycles. The van der Waals surface area contributed by atoms with E-state index < -0.39 is 28.3 Å². The van der Waals surface area contributed by atoms with Gasteiger partial charge >= 0.3 is 6.03 Å². The molecule has 1 unspecified atom stereocenters. The predicted octanol–water partition coefficient (Wildman–Crippen LogP) is 2.53. The van der Waals surface area contributed by atoms with Crippen LogP contribution >= 0.6 is 0 Å². The lowest BCUT2D eigenvalue weighted by Gasteiger charge is -2.22. The van der Waals surface area contributed by atoms with Crippen molar-refractivity contribution in [2.45, 2.75) is 32.0 Å². The van der Waals surface area contributed by atoms with E-state index in [4.69, 9.17) is 4.74 Å². The van der Waals surface area contributed by atoms with Crippen molar-refractivity contribution in [3.05, 3.63) is 48.0 Å². The SMILES string of the molecule is Cc1ccc(NC(=O)Nc2cc(F)cc(OC3[C@H]4CCCN4S(=O)(=O)N3C)c2)cn1. The molecule has 2 amide bonds. The maximum Gasteiger partial charge on any atom is 0.323 e.